The maximum absolute atomic E-state index is 14.1. The van der Waals surface area contributed by atoms with Crippen LogP contribution in [0.4, 0.5) is 0 Å². The van der Waals surface area contributed by atoms with Crippen LogP contribution < -0.4 is 24.4 Å². The van der Waals surface area contributed by atoms with Gasteiger partial charge in [-0.25, -0.2) is 9.79 Å². The Kier molecular flexibility index (Phi) is 9.29. The van der Waals surface area contributed by atoms with E-state index in [0.717, 1.165) is 29.6 Å². The van der Waals surface area contributed by atoms with Gasteiger partial charge in [-0.15, -0.1) is 0 Å². The summed E-state index contributed by atoms with van der Waals surface area (Å²) in [6, 6.07) is 20.1. The molecule has 0 aliphatic carbocycles. The van der Waals surface area contributed by atoms with E-state index in [1.807, 2.05) is 79.7 Å². The summed E-state index contributed by atoms with van der Waals surface area (Å²) in [6.07, 6.45) is 1.87. The molecule has 1 aliphatic rings. The molecule has 0 saturated heterocycles. The van der Waals surface area contributed by atoms with E-state index in [9.17, 15) is 9.59 Å². The lowest BCUT2D eigenvalue weighted by Crippen LogP contribution is -2.40. The van der Waals surface area contributed by atoms with Gasteiger partial charge in [0.25, 0.3) is 5.56 Å². The molecule has 5 rings (SSSR count). The summed E-state index contributed by atoms with van der Waals surface area (Å²) in [5.74, 6) is 0.991. The second kappa shape index (κ2) is 12.9. The number of ether oxygens (including phenoxy) is 3. The lowest BCUT2D eigenvalue weighted by atomic mass is 9.93. The zero-order valence-electron chi connectivity index (χ0n) is 22.5. The van der Waals surface area contributed by atoms with Crippen molar-refractivity contribution in [3.8, 4) is 11.5 Å². The van der Waals surface area contributed by atoms with Crippen molar-refractivity contribution in [3.63, 3.8) is 0 Å². The molecule has 1 atom stereocenters. The molecule has 0 N–H and O–H groups in total. The molecule has 1 aromatic heterocycles. The van der Waals surface area contributed by atoms with Crippen LogP contribution in [0.5, 0.6) is 11.5 Å². The first-order chi connectivity index (χ1) is 19.9. The van der Waals surface area contributed by atoms with E-state index in [1.165, 1.54) is 11.3 Å². The second-order valence-electron chi connectivity index (χ2n) is 8.95. The van der Waals surface area contributed by atoms with Crippen LogP contribution in [-0.4, -0.2) is 30.9 Å². The summed E-state index contributed by atoms with van der Waals surface area (Å²) in [5, 5.41) is 0. The summed E-state index contributed by atoms with van der Waals surface area (Å²) >= 11 is 5.80. The van der Waals surface area contributed by atoms with Crippen molar-refractivity contribution in [3.05, 3.63) is 116 Å². The molecule has 1 aliphatic heterocycles. The van der Waals surface area contributed by atoms with E-state index in [-0.39, 0.29) is 12.2 Å². The van der Waals surface area contributed by atoms with Gasteiger partial charge in [-0.1, -0.05) is 53.8 Å². The summed E-state index contributed by atoms with van der Waals surface area (Å²) in [5.41, 5.74) is 2.95. The van der Waals surface area contributed by atoms with Gasteiger partial charge in [0.15, 0.2) is 4.80 Å². The number of carbonyl (C=O) groups excluding carboxylic acids is 1. The van der Waals surface area contributed by atoms with Crippen LogP contribution in [0.15, 0.2) is 82.1 Å². The Bertz CT molecular complexity index is 1790. The molecule has 210 valence electrons. The average molecular weight is 792 g/mol. The molecule has 0 unspecified atom stereocenters. The lowest BCUT2D eigenvalue weighted by Gasteiger charge is -2.26. The van der Waals surface area contributed by atoms with Gasteiger partial charge < -0.3 is 14.2 Å². The topological polar surface area (TPSA) is 79.1 Å². The molecule has 2 heterocycles. The number of fused-ring (bicyclic) bond motifs is 1. The smallest absolute Gasteiger partial charge is 0.338 e. The number of methoxy groups -OCH3 is 1. The monoisotopic (exact) mass is 792 g/mol. The second-order valence-corrected chi connectivity index (χ2v) is 12.3. The normalized spacial score (nSPS) is 14.9. The van der Waals surface area contributed by atoms with E-state index in [0.29, 0.717) is 33.0 Å². The maximum atomic E-state index is 14.1. The summed E-state index contributed by atoms with van der Waals surface area (Å²) in [4.78, 5) is 33.1. The number of hydrogen-bond acceptors (Lipinski definition) is 7. The molecule has 0 radical (unpaired) electrons. The Morgan fingerprint density at radius 1 is 1.02 bits per heavy atom. The third-order valence-electron chi connectivity index (χ3n) is 6.41. The Morgan fingerprint density at radius 2 is 1.71 bits per heavy atom. The number of hydrogen-bond donors (Lipinski definition) is 0. The molecule has 0 bridgehead atoms. The van der Waals surface area contributed by atoms with E-state index in [4.69, 9.17) is 19.2 Å². The predicted octanol–water partition coefficient (Wildman–Crippen LogP) is 5.55. The van der Waals surface area contributed by atoms with Gasteiger partial charge in [-0.3, -0.25) is 9.36 Å². The van der Waals surface area contributed by atoms with Gasteiger partial charge in [0, 0.05) is 5.56 Å². The highest BCUT2D eigenvalue weighted by atomic mass is 127. The molecule has 41 heavy (non-hydrogen) atoms. The number of benzene rings is 3. The largest absolute Gasteiger partial charge is 0.497 e. The number of rotatable bonds is 8. The number of nitrogens with zero attached hydrogens (tertiary/aromatic N) is 2. The average Bonchev–Trinajstić information content (AvgIpc) is 3.29. The van der Waals surface area contributed by atoms with Crippen molar-refractivity contribution in [2.24, 2.45) is 4.99 Å². The first-order valence-electron chi connectivity index (χ1n) is 12.9. The summed E-state index contributed by atoms with van der Waals surface area (Å²) in [7, 11) is 1.60. The standard InChI is InChI=1S/C31H26I2N2O5S/c1-4-39-28-22(32)15-18(16-23(28)33)17-24-29(36)35-27(20-11-13-21(38-3)14-12-20)25(30(37)40-5-2)26(34-31(35)41-24)19-9-7-6-8-10-19/h6-17,27H,4-5H2,1-3H3/b24-17-/t27-/m1/s1. The van der Waals surface area contributed by atoms with Crippen LogP contribution in [0.3, 0.4) is 0 Å². The van der Waals surface area contributed by atoms with Crippen molar-refractivity contribution in [1.29, 1.82) is 0 Å². The highest BCUT2D eigenvalue weighted by molar-refractivity contribution is 14.1. The van der Waals surface area contributed by atoms with Crippen molar-refractivity contribution < 1.29 is 19.0 Å². The molecule has 7 nitrogen and oxygen atoms in total. The number of aromatic nitrogens is 1. The fraction of sp³-hybridized carbons (Fsp3) is 0.194. The van der Waals surface area contributed by atoms with Gasteiger partial charge in [0.1, 0.15) is 11.5 Å². The first-order valence-corrected chi connectivity index (χ1v) is 15.9. The fourth-order valence-corrected chi connectivity index (χ4v) is 7.77. The zero-order chi connectivity index (χ0) is 29.1. The Balaban J connectivity index is 1.78. The molecule has 3 aromatic carbocycles. The molecule has 0 spiro atoms. The number of carbonyl (C=O) groups is 1. The highest BCUT2D eigenvalue weighted by Gasteiger charge is 2.35. The van der Waals surface area contributed by atoms with E-state index in [2.05, 4.69) is 45.2 Å². The van der Waals surface area contributed by atoms with Gasteiger partial charge in [-0.05, 0) is 100 Å². The maximum Gasteiger partial charge on any atom is 0.338 e. The van der Waals surface area contributed by atoms with Crippen LogP contribution in [-0.2, 0) is 9.53 Å². The van der Waals surface area contributed by atoms with Gasteiger partial charge in [0.2, 0.25) is 0 Å². The lowest BCUT2D eigenvalue weighted by molar-refractivity contribution is -0.138. The molecule has 4 aromatic rings. The number of halogens is 2. The molecule has 0 amide bonds. The van der Waals surface area contributed by atoms with Crippen molar-refractivity contribution >= 4 is 74.3 Å². The zero-order valence-corrected chi connectivity index (χ0v) is 27.7. The molecule has 10 heteroatoms. The van der Waals surface area contributed by atoms with E-state index in [1.54, 1.807) is 18.6 Å². The minimum Gasteiger partial charge on any atom is -0.497 e. The van der Waals surface area contributed by atoms with E-state index < -0.39 is 12.0 Å². The van der Waals surface area contributed by atoms with Crippen LogP contribution in [0.2, 0.25) is 0 Å². The summed E-state index contributed by atoms with van der Waals surface area (Å²) in [6.45, 7) is 4.48. The minimum atomic E-state index is -0.742. The van der Waals surface area contributed by atoms with Crippen LogP contribution >= 0.6 is 56.5 Å². The summed E-state index contributed by atoms with van der Waals surface area (Å²) < 4.78 is 20.7. The Hall–Kier alpha value is -2.97. The van der Waals surface area contributed by atoms with Crippen molar-refractivity contribution in [1.82, 2.24) is 4.57 Å². The Labute approximate surface area is 268 Å². The fourth-order valence-electron chi connectivity index (χ4n) is 4.64. The molecule has 0 fully saturated rings. The quantitative estimate of drug-likeness (QED) is 0.173. The van der Waals surface area contributed by atoms with Crippen LogP contribution in [0.1, 0.15) is 36.6 Å². The number of thiazole rings is 1. The minimum absolute atomic E-state index is 0.194. The van der Waals surface area contributed by atoms with Crippen molar-refractivity contribution in [2.45, 2.75) is 19.9 Å². The van der Waals surface area contributed by atoms with Crippen LogP contribution in [0.25, 0.3) is 11.8 Å². The van der Waals surface area contributed by atoms with Gasteiger partial charge >= 0.3 is 5.97 Å². The third-order valence-corrected chi connectivity index (χ3v) is 9.00. The molecule has 0 saturated carbocycles. The SMILES string of the molecule is CCOC(=O)C1=C(c2ccccc2)N=c2s/c(=C\c3cc(I)c(OCC)c(I)c3)c(=O)n2[C@@H]1c1ccc(OC)cc1. The van der Waals surface area contributed by atoms with Crippen molar-refractivity contribution in [2.75, 3.05) is 20.3 Å². The van der Waals surface area contributed by atoms with Crippen LogP contribution in [0, 0.1) is 7.14 Å². The highest BCUT2D eigenvalue weighted by Crippen LogP contribution is 2.36. The van der Waals surface area contributed by atoms with Gasteiger partial charge in [-0.2, -0.15) is 0 Å². The molecular formula is C31H26I2N2O5S. The first kappa shape index (κ1) is 29.5. The van der Waals surface area contributed by atoms with Gasteiger partial charge in [0.05, 0.1) is 49.3 Å². The van der Waals surface area contributed by atoms with E-state index >= 15 is 0 Å². The predicted molar refractivity (Wildman–Crippen MR) is 177 cm³/mol. The molecular weight excluding hydrogens is 766 g/mol. The third kappa shape index (κ3) is 6.00. The Morgan fingerprint density at radius 3 is 2.32 bits per heavy atom. The number of esters is 1.